The molecule has 1 aliphatic heterocycles. The van der Waals surface area contributed by atoms with Crippen LogP contribution in [0.25, 0.3) is 0 Å². The molecular formula is C11H14ClNO. The monoisotopic (exact) mass is 211 g/mol. The average Bonchev–Trinajstić information content (AvgIpc) is 2.18. The molecule has 1 aromatic carbocycles. The van der Waals surface area contributed by atoms with E-state index in [2.05, 4.69) is 0 Å². The fraction of sp³-hybridized carbons (Fsp3) is 0.455. The predicted octanol–water partition coefficient (Wildman–Crippen LogP) is 2.24. The van der Waals surface area contributed by atoms with Crippen LogP contribution in [0, 0.1) is 5.92 Å². The molecule has 76 valence electrons. The number of rotatable bonds is 1. The van der Waals surface area contributed by atoms with Gasteiger partial charge in [-0.2, -0.15) is 0 Å². The largest absolute Gasteiger partial charge is 0.493 e. The van der Waals surface area contributed by atoms with Crippen molar-refractivity contribution in [2.75, 3.05) is 6.61 Å². The molecule has 2 nitrogen and oxygen atoms in total. The zero-order valence-electron chi connectivity index (χ0n) is 8.16. The molecule has 0 aliphatic carbocycles. The molecule has 1 aromatic rings. The molecule has 2 atom stereocenters. The van der Waals surface area contributed by atoms with Gasteiger partial charge in [-0.25, -0.2) is 0 Å². The topological polar surface area (TPSA) is 35.2 Å². The molecular weight excluding hydrogens is 198 g/mol. The van der Waals surface area contributed by atoms with Gasteiger partial charge in [-0.15, -0.1) is 0 Å². The van der Waals surface area contributed by atoms with E-state index in [-0.39, 0.29) is 6.04 Å². The fourth-order valence-corrected chi connectivity index (χ4v) is 1.97. The molecule has 0 saturated heterocycles. The van der Waals surface area contributed by atoms with E-state index in [4.69, 9.17) is 22.1 Å². The molecule has 0 fully saturated rings. The van der Waals surface area contributed by atoms with Crippen LogP contribution in [0.1, 0.15) is 12.5 Å². The zero-order chi connectivity index (χ0) is 10.1. The highest BCUT2D eigenvalue weighted by molar-refractivity contribution is 6.31. The van der Waals surface area contributed by atoms with Gasteiger partial charge in [0.05, 0.1) is 6.61 Å². The Morgan fingerprint density at radius 3 is 3.07 bits per heavy atom. The Bertz CT molecular complexity index is 338. The standard InChI is InChI=1S/C11H14ClNO/c1-7(13)8-5-9-10(12)3-2-4-11(9)14-6-8/h2-4,7-8H,5-6,13H2,1H3. The van der Waals surface area contributed by atoms with E-state index in [0.29, 0.717) is 12.5 Å². The summed E-state index contributed by atoms with van der Waals surface area (Å²) in [6.07, 6.45) is 0.923. The second-order valence-corrected chi connectivity index (χ2v) is 4.26. The smallest absolute Gasteiger partial charge is 0.123 e. The van der Waals surface area contributed by atoms with Crippen LogP contribution in [0.5, 0.6) is 5.75 Å². The van der Waals surface area contributed by atoms with E-state index in [0.717, 1.165) is 22.8 Å². The van der Waals surface area contributed by atoms with E-state index < -0.39 is 0 Å². The van der Waals surface area contributed by atoms with Crippen molar-refractivity contribution in [2.24, 2.45) is 11.7 Å². The molecule has 1 heterocycles. The number of fused-ring (bicyclic) bond motifs is 1. The van der Waals surface area contributed by atoms with Gasteiger partial charge in [0.1, 0.15) is 5.75 Å². The van der Waals surface area contributed by atoms with Gasteiger partial charge in [-0.3, -0.25) is 0 Å². The van der Waals surface area contributed by atoms with Crippen molar-refractivity contribution in [3.05, 3.63) is 28.8 Å². The summed E-state index contributed by atoms with van der Waals surface area (Å²) in [5.74, 6) is 1.29. The lowest BCUT2D eigenvalue weighted by atomic mass is 9.92. The van der Waals surface area contributed by atoms with Crippen LogP contribution in [0.4, 0.5) is 0 Å². The summed E-state index contributed by atoms with van der Waals surface area (Å²) < 4.78 is 5.61. The molecule has 0 radical (unpaired) electrons. The molecule has 0 amide bonds. The summed E-state index contributed by atoms with van der Waals surface area (Å²) in [6, 6.07) is 5.92. The predicted molar refractivity (Wildman–Crippen MR) is 57.8 cm³/mol. The van der Waals surface area contributed by atoms with Crippen molar-refractivity contribution < 1.29 is 4.74 Å². The molecule has 0 bridgehead atoms. The lowest BCUT2D eigenvalue weighted by Crippen LogP contribution is -2.35. The van der Waals surface area contributed by atoms with E-state index in [1.165, 1.54) is 0 Å². The molecule has 14 heavy (non-hydrogen) atoms. The molecule has 1 aliphatic rings. The molecule has 2 rings (SSSR count). The molecule has 3 heteroatoms. The van der Waals surface area contributed by atoms with Gasteiger partial charge in [-0.05, 0) is 25.5 Å². The number of ether oxygens (including phenoxy) is 1. The lowest BCUT2D eigenvalue weighted by molar-refractivity contribution is 0.204. The van der Waals surface area contributed by atoms with Gasteiger partial charge >= 0.3 is 0 Å². The third-order valence-electron chi connectivity index (χ3n) is 2.74. The van der Waals surface area contributed by atoms with Crippen molar-refractivity contribution in [2.45, 2.75) is 19.4 Å². The van der Waals surface area contributed by atoms with Gasteiger partial charge in [0, 0.05) is 22.5 Å². The van der Waals surface area contributed by atoms with E-state index in [9.17, 15) is 0 Å². The quantitative estimate of drug-likeness (QED) is 0.773. The van der Waals surface area contributed by atoms with Crippen molar-refractivity contribution in [1.82, 2.24) is 0 Å². The number of benzene rings is 1. The first-order valence-electron chi connectivity index (χ1n) is 4.84. The Morgan fingerprint density at radius 1 is 1.57 bits per heavy atom. The molecule has 2 N–H and O–H groups in total. The summed E-state index contributed by atoms with van der Waals surface area (Å²) in [7, 11) is 0. The summed E-state index contributed by atoms with van der Waals surface area (Å²) in [5.41, 5.74) is 6.95. The van der Waals surface area contributed by atoms with Crippen LogP contribution in [-0.2, 0) is 6.42 Å². The first-order valence-corrected chi connectivity index (χ1v) is 5.22. The maximum absolute atomic E-state index is 6.09. The van der Waals surface area contributed by atoms with Gasteiger partial charge in [-0.1, -0.05) is 17.7 Å². The Hall–Kier alpha value is -0.730. The first kappa shape index (κ1) is 9.81. The summed E-state index contributed by atoms with van der Waals surface area (Å²) in [5, 5.41) is 0.785. The Balaban J connectivity index is 2.29. The molecule has 0 aromatic heterocycles. The number of hydrogen-bond acceptors (Lipinski definition) is 2. The second-order valence-electron chi connectivity index (χ2n) is 3.85. The molecule has 0 spiro atoms. The SMILES string of the molecule is CC(N)C1COc2cccc(Cl)c2C1. The zero-order valence-corrected chi connectivity index (χ0v) is 8.92. The van der Waals surface area contributed by atoms with Gasteiger partial charge in [0.15, 0.2) is 0 Å². The molecule has 0 saturated carbocycles. The van der Waals surface area contributed by atoms with E-state index in [1.54, 1.807) is 0 Å². The lowest BCUT2D eigenvalue weighted by Gasteiger charge is -2.28. The van der Waals surface area contributed by atoms with Crippen LogP contribution in [0.3, 0.4) is 0 Å². The highest BCUT2D eigenvalue weighted by Crippen LogP contribution is 2.33. The number of hydrogen-bond donors (Lipinski definition) is 1. The van der Waals surface area contributed by atoms with Crippen molar-refractivity contribution in [3.63, 3.8) is 0 Å². The van der Waals surface area contributed by atoms with Crippen LogP contribution in [-0.4, -0.2) is 12.6 Å². The van der Waals surface area contributed by atoms with Crippen molar-refractivity contribution >= 4 is 11.6 Å². The van der Waals surface area contributed by atoms with E-state index in [1.807, 2.05) is 25.1 Å². The Morgan fingerprint density at radius 2 is 2.36 bits per heavy atom. The van der Waals surface area contributed by atoms with Crippen molar-refractivity contribution in [3.8, 4) is 5.75 Å². The third-order valence-corrected chi connectivity index (χ3v) is 3.09. The highest BCUT2D eigenvalue weighted by Gasteiger charge is 2.24. The highest BCUT2D eigenvalue weighted by atomic mass is 35.5. The Kier molecular flexibility index (Phi) is 2.66. The van der Waals surface area contributed by atoms with Crippen LogP contribution in [0.15, 0.2) is 18.2 Å². The van der Waals surface area contributed by atoms with Gasteiger partial charge in [0.2, 0.25) is 0 Å². The van der Waals surface area contributed by atoms with Crippen LogP contribution in [0.2, 0.25) is 5.02 Å². The second kappa shape index (κ2) is 3.79. The number of halogens is 1. The third kappa shape index (κ3) is 1.72. The first-order chi connectivity index (χ1) is 6.68. The summed E-state index contributed by atoms with van der Waals surface area (Å²) in [6.45, 7) is 2.71. The Labute approximate surface area is 89.0 Å². The normalized spacial score (nSPS) is 22.4. The summed E-state index contributed by atoms with van der Waals surface area (Å²) in [4.78, 5) is 0. The van der Waals surface area contributed by atoms with Crippen LogP contribution >= 0.6 is 11.6 Å². The summed E-state index contributed by atoms with van der Waals surface area (Å²) >= 11 is 6.09. The molecule has 2 unspecified atom stereocenters. The van der Waals surface area contributed by atoms with E-state index >= 15 is 0 Å². The minimum absolute atomic E-state index is 0.152. The van der Waals surface area contributed by atoms with Gasteiger partial charge in [0.25, 0.3) is 0 Å². The minimum Gasteiger partial charge on any atom is -0.493 e. The maximum atomic E-state index is 6.09. The van der Waals surface area contributed by atoms with Gasteiger partial charge < -0.3 is 10.5 Å². The minimum atomic E-state index is 0.152. The fourth-order valence-electron chi connectivity index (χ4n) is 1.73. The number of nitrogens with two attached hydrogens (primary N) is 1. The average molecular weight is 212 g/mol. The van der Waals surface area contributed by atoms with Crippen molar-refractivity contribution in [1.29, 1.82) is 0 Å². The maximum Gasteiger partial charge on any atom is 0.123 e. The van der Waals surface area contributed by atoms with Crippen LogP contribution < -0.4 is 10.5 Å².